The lowest BCUT2D eigenvalue weighted by atomic mass is 9.98. The molecule has 0 aromatic heterocycles. The number of aryl methyl sites for hydroxylation is 1. The van der Waals surface area contributed by atoms with Gasteiger partial charge in [-0.1, -0.05) is 59.3 Å². The molecule has 0 bridgehead atoms. The number of rotatable bonds is 6. The Labute approximate surface area is 228 Å². The molecule has 4 rings (SSSR count). The topological polar surface area (TPSA) is 48.0 Å². The van der Waals surface area contributed by atoms with E-state index in [2.05, 4.69) is 59.3 Å². The van der Waals surface area contributed by atoms with E-state index >= 15 is 0 Å². The van der Waals surface area contributed by atoms with Gasteiger partial charge in [0, 0.05) is 4.47 Å². The molecule has 1 aliphatic rings. The largest absolute Gasteiger partial charge is 0.489 e. The van der Waals surface area contributed by atoms with Gasteiger partial charge >= 0.3 is 6.09 Å². The lowest BCUT2D eigenvalue weighted by Gasteiger charge is -2.35. The minimum atomic E-state index is -0.766. The number of halogens is 1. The van der Waals surface area contributed by atoms with Crippen molar-refractivity contribution in [1.82, 2.24) is 4.90 Å². The first kappa shape index (κ1) is 27.2. The summed E-state index contributed by atoms with van der Waals surface area (Å²) in [4.78, 5) is 14.9. The van der Waals surface area contributed by atoms with Gasteiger partial charge in [0.2, 0.25) is 0 Å². The van der Waals surface area contributed by atoms with Gasteiger partial charge < -0.3 is 14.2 Å². The first-order chi connectivity index (χ1) is 17.5. The van der Waals surface area contributed by atoms with Crippen LogP contribution in [0.15, 0.2) is 71.2 Å². The number of carbonyl (C=O) groups is 1. The van der Waals surface area contributed by atoms with Crippen molar-refractivity contribution in [2.45, 2.75) is 71.9 Å². The van der Waals surface area contributed by atoms with E-state index in [1.807, 2.05) is 65.0 Å². The number of ether oxygens (including phenoxy) is 3. The van der Waals surface area contributed by atoms with Crippen LogP contribution in [-0.2, 0) is 22.5 Å². The molecule has 0 saturated carbocycles. The van der Waals surface area contributed by atoms with Gasteiger partial charge in [-0.2, -0.15) is 0 Å². The molecule has 0 aliphatic carbocycles. The Kier molecular flexibility index (Phi) is 8.00. The Bertz CT molecular complexity index is 1260. The molecule has 0 radical (unpaired) electrons. The van der Waals surface area contributed by atoms with Crippen LogP contribution in [0.4, 0.5) is 4.79 Å². The summed E-state index contributed by atoms with van der Waals surface area (Å²) in [6.45, 7) is 12.4. The van der Waals surface area contributed by atoms with E-state index in [0.29, 0.717) is 13.2 Å². The summed E-state index contributed by atoms with van der Waals surface area (Å²) in [5.41, 5.74) is 4.04. The van der Waals surface area contributed by atoms with E-state index < -0.39 is 11.3 Å². The second-order valence-electron chi connectivity index (χ2n) is 10.8. The zero-order chi connectivity index (χ0) is 26.8. The smallest absolute Gasteiger partial charge is 0.413 e. The minimum absolute atomic E-state index is 0.245. The number of hydrogen-bond donors (Lipinski definition) is 0. The fourth-order valence-corrected chi connectivity index (χ4v) is 5.17. The van der Waals surface area contributed by atoms with Gasteiger partial charge in [-0.3, -0.25) is 4.90 Å². The van der Waals surface area contributed by atoms with Crippen LogP contribution in [0.5, 0.6) is 5.75 Å². The van der Waals surface area contributed by atoms with Crippen molar-refractivity contribution in [2.24, 2.45) is 0 Å². The van der Waals surface area contributed by atoms with Crippen molar-refractivity contribution in [3.8, 4) is 16.9 Å². The third kappa shape index (κ3) is 6.55. The molecule has 1 heterocycles. The number of hydrogen-bond acceptors (Lipinski definition) is 4. The van der Waals surface area contributed by atoms with E-state index in [0.717, 1.165) is 38.9 Å². The number of benzene rings is 3. The molecule has 3 aromatic rings. The Balaban J connectivity index is 1.60. The molecule has 0 unspecified atom stereocenters. The van der Waals surface area contributed by atoms with Gasteiger partial charge in [0.05, 0.1) is 12.6 Å². The fourth-order valence-electron chi connectivity index (χ4n) is 4.63. The van der Waals surface area contributed by atoms with Crippen molar-refractivity contribution in [3.05, 3.63) is 87.9 Å². The Morgan fingerprint density at radius 1 is 1.05 bits per heavy atom. The average molecular weight is 567 g/mol. The van der Waals surface area contributed by atoms with E-state index in [4.69, 9.17) is 14.2 Å². The van der Waals surface area contributed by atoms with E-state index in [1.54, 1.807) is 4.90 Å². The first-order valence-electron chi connectivity index (χ1n) is 12.7. The normalized spacial score (nSPS) is 17.1. The summed E-state index contributed by atoms with van der Waals surface area (Å²) in [5.74, 6) is 0.916. The molecule has 1 amide bonds. The summed E-state index contributed by atoms with van der Waals surface area (Å²) in [5, 5.41) is 0. The monoisotopic (exact) mass is 565 g/mol. The maximum absolute atomic E-state index is 13.1. The molecular formula is C31H36BrNO4. The molecule has 1 saturated heterocycles. The summed E-state index contributed by atoms with van der Waals surface area (Å²) >= 11 is 3.68. The Morgan fingerprint density at radius 3 is 2.54 bits per heavy atom. The maximum Gasteiger partial charge on any atom is 0.413 e. The van der Waals surface area contributed by atoms with Gasteiger partial charge in [-0.25, -0.2) is 4.79 Å². The number of para-hydroxylation sites is 1. The Hall–Kier alpha value is -2.83. The van der Waals surface area contributed by atoms with E-state index in [1.165, 1.54) is 5.56 Å². The van der Waals surface area contributed by atoms with Crippen LogP contribution < -0.4 is 4.74 Å². The highest BCUT2D eigenvalue weighted by atomic mass is 79.9. The third-order valence-corrected chi connectivity index (χ3v) is 6.84. The highest BCUT2D eigenvalue weighted by Gasteiger charge is 2.46. The van der Waals surface area contributed by atoms with E-state index in [-0.39, 0.29) is 12.1 Å². The van der Waals surface area contributed by atoms with Gasteiger partial charge in [0.25, 0.3) is 0 Å². The third-order valence-electron chi connectivity index (χ3n) is 6.39. The zero-order valence-corrected chi connectivity index (χ0v) is 24.1. The lowest BCUT2D eigenvalue weighted by molar-refractivity contribution is -0.0626. The van der Waals surface area contributed by atoms with Crippen LogP contribution in [0.2, 0.25) is 0 Å². The Morgan fingerprint density at radius 2 is 1.81 bits per heavy atom. The van der Waals surface area contributed by atoms with Gasteiger partial charge in [-0.15, -0.1) is 0 Å². The highest BCUT2D eigenvalue weighted by molar-refractivity contribution is 9.10. The first-order valence-corrected chi connectivity index (χ1v) is 13.5. The SMILES string of the molecule is CCc1ccccc1OCc1cc(Br)cc(-c2cccc([C@@H]3COC(C)(C)N3C(=O)OC(C)(C)C)c2)c1. The number of amides is 1. The standard InChI is InChI=1S/C31H36BrNO4/c1-7-22-11-8-9-14-28(22)35-19-21-15-25(18-26(32)16-21)23-12-10-13-24(17-23)27-20-36-31(5,6)33(27)29(34)37-30(2,3)4/h8-18,27H,7,19-20H2,1-6H3/t27-/m0/s1. The fraction of sp³-hybridized carbons (Fsp3) is 0.387. The van der Waals surface area contributed by atoms with Crippen LogP contribution in [0.25, 0.3) is 11.1 Å². The molecule has 5 nitrogen and oxygen atoms in total. The molecule has 6 heteroatoms. The second-order valence-corrected chi connectivity index (χ2v) is 11.8. The highest BCUT2D eigenvalue weighted by Crippen LogP contribution is 2.39. The predicted octanol–water partition coefficient (Wildman–Crippen LogP) is 8.30. The van der Waals surface area contributed by atoms with Gasteiger partial charge in [0.1, 0.15) is 23.7 Å². The molecule has 3 aromatic carbocycles. The van der Waals surface area contributed by atoms with Crippen molar-refractivity contribution in [1.29, 1.82) is 0 Å². The quantitative estimate of drug-likeness (QED) is 0.301. The van der Waals surface area contributed by atoms with Crippen molar-refractivity contribution in [2.75, 3.05) is 6.61 Å². The average Bonchev–Trinajstić information content (AvgIpc) is 3.16. The van der Waals surface area contributed by atoms with Crippen molar-refractivity contribution < 1.29 is 19.0 Å². The van der Waals surface area contributed by atoms with Crippen LogP contribution in [0.1, 0.15) is 64.3 Å². The van der Waals surface area contributed by atoms with Crippen LogP contribution in [0, 0.1) is 0 Å². The number of carbonyl (C=O) groups excluding carboxylic acids is 1. The number of nitrogens with zero attached hydrogens (tertiary/aromatic N) is 1. The summed E-state index contributed by atoms with van der Waals surface area (Å²) in [6, 6.07) is 22.5. The molecule has 1 aliphatic heterocycles. The van der Waals surface area contributed by atoms with Gasteiger partial charge in [-0.05, 0) is 99.2 Å². The maximum atomic E-state index is 13.1. The molecule has 0 spiro atoms. The van der Waals surface area contributed by atoms with E-state index in [9.17, 15) is 4.79 Å². The predicted molar refractivity (Wildman–Crippen MR) is 151 cm³/mol. The van der Waals surface area contributed by atoms with Crippen molar-refractivity contribution in [3.63, 3.8) is 0 Å². The summed E-state index contributed by atoms with van der Waals surface area (Å²) < 4.78 is 18.9. The van der Waals surface area contributed by atoms with Crippen LogP contribution in [-0.4, -0.2) is 28.9 Å². The van der Waals surface area contributed by atoms with Crippen molar-refractivity contribution >= 4 is 22.0 Å². The molecule has 1 atom stereocenters. The lowest BCUT2D eigenvalue weighted by Crippen LogP contribution is -2.47. The molecule has 196 valence electrons. The second kappa shape index (κ2) is 10.9. The molecule has 0 N–H and O–H groups in total. The minimum Gasteiger partial charge on any atom is -0.489 e. The molecule has 37 heavy (non-hydrogen) atoms. The summed E-state index contributed by atoms with van der Waals surface area (Å²) in [6.07, 6.45) is 0.550. The molecule has 1 fully saturated rings. The zero-order valence-electron chi connectivity index (χ0n) is 22.5. The van der Waals surface area contributed by atoms with Crippen LogP contribution in [0.3, 0.4) is 0 Å². The van der Waals surface area contributed by atoms with Crippen LogP contribution >= 0.6 is 15.9 Å². The molecular weight excluding hydrogens is 530 g/mol. The van der Waals surface area contributed by atoms with Gasteiger partial charge in [0.15, 0.2) is 0 Å². The summed E-state index contributed by atoms with van der Waals surface area (Å²) in [7, 11) is 0.